The summed E-state index contributed by atoms with van der Waals surface area (Å²) >= 11 is 0. The van der Waals surface area contributed by atoms with E-state index in [-0.39, 0.29) is 12.5 Å². The van der Waals surface area contributed by atoms with Gasteiger partial charge in [-0.15, -0.1) is 0 Å². The van der Waals surface area contributed by atoms with Crippen LogP contribution in [0.25, 0.3) is 10.4 Å². The molecule has 1 rings (SSSR count). The van der Waals surface area contributed by atoms with Crippen molar-refractivity contribution in [1.82, 2.24) is 0 Å². The van der Waals surface area contributed by atoms with E-state index in [4.69, 9.17) is 10.6 Å². The van der Waals surface area contributed by atoms with Crippen molar-refractivity contribution < 1.29 is 9.90 Å². The summed E-state index contributed by atoms with van der Waals surface area (Å²) in [7, 11) is 0. The van der Waals surface area contributed by atoms with Crippen LogP contribution in [0.4, 0.5) is 5.69 Å². The molecule has 6 nitrogen and oxygen atoms in total. The number of rotatable bonds is 8. The summed E-state index contributed by atoms with van der Waals surface area (Å²) in [5, 5.41) is 15.0. The third-order valence-corrected chi connectivity index (χ3v) is 2.61. The number of nitrogens with zero attached hydrogens (tertiary/aromatic N) is 3. The summed E-state index contributed by atoms with van der Waals surface area (Å²) in [4.78, 5) is 14.3. The number of anilines is 1. The summed E-state index contributed by atoms with van der Waals surface area (Å²) in [5.41, 5.74) is 9.88. The van der Waals surface area contributed by atoms with E-state index in [1.807, 2.05) is 24.3 Å². The van der Waals surface area contributed by atoms with E-state index in [0.29, 0.717) is 32.2 Å². The first-order chi connectivity index (χ1) is 9.26. The summed E-state index contributed by atoms with van der Waals surface area (Å²) < 4.78 is 0. The molecule has 1 aromatic rings. The number of hydrogen-bond acceptors (Lipinski definition) is 3. The standard InChI is InChI=1S/C13H18N4O2/c14-17-15-9-2-1-3-13(19)16-12-6-4-11(5-7-12)8-10-18/h4-7,18H,1-3,8-10H2,(H,16,19). The minimum atomic E-state index is -0.0455. The second-order valence-electron chi connectivity index (χ2n) is 4.13. The largest absolute Gasteiger partial charge is 0.396 e. The zero-order valence-electron chi connectivity index (χ0n) is 10.7. The van der Waals surface area contributed by atoms with Gasteiger partial charge in [-0.1, -0.05) is 17.2 Å². The summed E-state index contributed by atoms with van der Waals surface area (Å²) in [6.07, 6.45) is 2.45. The van der Waals surface area contributed by atoms with Crippen molar-refractivity contribution in [3.63, 3.8) is 0 Å². The number of nitrogens with one attached hydrogen (secondary N) is 1. The molecule has 0 radical (unpaired) electrons. The Balaban J connectivity index is 2.29. The van der Waals surface area contributed by atoms with E-state index in [1.54, 1.807) is 0 Å². The molecule has 1 aromatic carbocycles. The average Bonchev–Trinajstić information content (AvgIpc) is 2.41. The number of aliphatic hydroxyl groups excluding tert-OH is 1. The van der Waals surface area contributed by atoms with Gasteiger partial charge in [-0.25, -0.2) is 0 Å². The quantitative estimate of drug-likeness (QED) is 0.326. The van der Waals surface area contributed by atoms with Gasteiger partial charge in [0.1, 0.15) is 0 Å². The van der Waals surface area contributed by atoms with Crippen molar-refractivity contribution >= 4 is 11.6 Å². The molecule has 0 saturated heterocycles. The van der Waals surface area contributed by atoms with Crippen LogP contribution in [0.2, 0.25) is 0 Å². The van der Waals surface area contributed by atoms with Crippen molar-refractivity contribution in [1.29, 1.82) is 0 Å². The lowest BCUT2D eigenvalue weighted by atomic mass is 10.1. The Labute approximate surface area is 112 Å². The minimum Gasteiger partial charge on any atom is -0.396 e. The number of azide groups is 1. The molecule has 6 heteroatoms. The molecule has 0 unspecified atom stereocenters. The SMILES string of the molecule is [N-]=[N+]=NCCCCC(=O)Nc1ccc(CCO)cc1. The number of unbranched alkanes of at least 4 members (excludes halogenated alkanes) is 1. The third-order valence-electron chi connectivity index (χ3n) is 2.61. The molecule has 0 aliphatic rings. The molecule has 0 heterocycles. The lowest BCUT2D eigenvalue weighted by molar-refractivity contribution is -0.116. The van der Waals surface area contributed by atoms with Crippen LogP contribution in [-0.2, 0) is 11.2 Å². The van der Waals surface area contributed by atoms with Gasteiger partial charge in [-0.3, -0.25) is 4.79 Å². The van der Waals surface area contributed by atoms with E-state index in [2.05, 4.69) is 15.3 Å². The summed E-state index contributed by atoms with van der Waals surface area (Å²) in [6.45, 7) is 0.552. The highest BCUT2D eigenvalue weighted by Crippen LogP contribution is 2.11. The Morgan fingerprint density at radius 1 is 1.32 bits per heavy atom. The Morgan fingerprint density at radius 2 is 2.05 bits per heavy atom. The summed E-state index contributed by atoms with van der Waals surface area (Å²) in [6, 6.07) is 7.41. The van der Waals surface area contributed by atoms with Crippen LogP contribution in [0.5, 0.6) is 0 Å². The normalized spacial score (nSPS) is 9.74. The van der Waals surface area contributed by atoms with Gasteiger partial charge in [0.2, 0.25) is 5.91 Å². The molecule has 0 bridgehead atoms. The smallest absolute Gasteiger partial charge is 0.224 e. The zero-order valence-corrected chi connectivity index (χ0v) is 10.7. The van der Waals surface area contributed by atoms with Gasteiger partial charge in [0.15, 0.2) is 0 Å². The lowest BCUT2D eigenvalue weighted by Gasteiger charge is -2.06. The van der Waals surface area contributed by atoms with Gasteiger partial charge in [-0.05, 0) is 42.5 Å². The van der Waals surface area contributed by atoms with Crippen LogP contribution >= 0.6 is 0 Å². The molecule has 0 aliphatic heterocycles. The molecule has 0 atom stereocenters. The molecular weight excluding hydrogens is 244 g/mol. The van der Waals surface area contributed by atoms with Crippen molar-refractivity contribution in [3.05, 3.63) is 40.3 Å². The number of aliphatic hydroxyl groups is 1. The first kappa shape index (κ1) is 15.0. The van der Waals surface area contributed by atoms with Crippen LogP contribution in [0.1, 0.15) is 24.8 Å². The second kappa shape index (κ2) is 8.97. The fraction of sp³-hybridized carbons (Fsp3) is 0.462. The molecule has 0 aromatic heterocycles. The topological polar surface area (TPSA) is 98.1 Å². The van der Waals surface area contributed by atoms with E-state index in [9.17, 15) is 4.79 Å². The Kier molecular flexibility index (Phi) is 7.09. The van der Waals surface area contributed by atoms with Gasteiger partial charge in [-0.2, -0.15) is 0 Å². The summed E-state index contributed by atoms with van der Waals surface area (Å²) in [5.74, 6) is -0.0455. The fourth-order valence-electron chi connectivity index (χ4n) is 1.62. The number of carbonyl (C=O) groups is 1. The van der Waals surface area contributed by atoms with Gasteiger partial charge in [0.05, 0.1) is 0 Å². The highest BCUT2D eigenvalue weighted by molar-refractivity contribution is 5.90. The van der Waals surface area contributed by atoms with Gasteiger partial charge in [0.25, 0.3) is 0 Å². The molecule has 2 N–H and O–H groups in total. The van der Waals surface area contributed by atoms with Crippen LogP contribution in [-0.4, -0.2) is 24.2 Å². The monoisotopic (exact) mass is 262 g/mol. The molecule has 0 fully saturated rings. The minimum absolute atomic E-state index is 0.0455. The van der Waals surface area contributed by atoms with Crippen molar-refractivity contribution in [2.45, 2.75) is 25.7 Å². The number of carbonyl (C=O) groups excluding carboxylic acids is 1. The second-order valence-corrected chi connectivity index (χ2v) is 4.13. The molecule has 19 heavy (non-hydrogen) atoms. The first-order valence-electron chi connectivity index (χ1n) is 6.27. The lowest BCUT2D eigenvalue weighted by Crippen LogP contribution is -2.11. The van der Waals surface area contributed by atoms with Crippen LogP contribution in [0, 0.1) is 0 Å². The van der Waals surface area contributed by atoms with Gasteiger partial charge >= 0.3 is 0 Å². The number of amides is 1. The molecule has 0 aliphatic carbocycles. The maximum absolute atomic E-state index is 11.6. The maximum Gasteiger partial charge on any atom is 0.224 e. The van der Waals surface area contributed by atoms with Crippen LogP contribution in [0.3, 0.4) is 0 Å². The van der Waals surface area contributed by atoms with E-state index < -0.39 is 0 Å². The molecule has 1 amide bonds. The molecule has 0 saturated carbocycles. The third kappa shape index (κ3) is 6.45. The maximum atomic E-state index is 11.6. The Morgan fingerprint density at radius 3 is 2.68 bits per heavy atom. The van der Waals surface area contributed by atoms with Crippen molar-refractivity contribution in [2.75, 3.05) is 18.5 Å². The number of hydrogen-bond donors (Lipinski definition) is 2. The first-order valence-corrected chi connectivity index (χ1v) is 6.27. The van der Waals surface area contributed by atoms with Crippen LogP contribution < -0.4 is 5.32 Å². The van der Waals surface area contributed by atoms with Gasteiger partial charge < -0.3 is 10.4 Å². The van der Waals surface area contributed by atoms with E-state index >= 15 is 0 Å². The molecule has 102 valence electrons. The van der Waals surface area contributed by atoms with Gasteiger partial charge in [0, 0.05) is 30.2 Å². The Bertz CT molecular complexity index is 438. The molecule has 0 spiro atoms. The zero-order chi connectivity index (χ0) is 13.9. The predicted octanol–water partition coefficient (Wildman–Crippen LogP) is 2.64. The highest BCUT2D eigenvalue weighted by Gasteiger charge is 2.02. The van der Waals surface area contributed by atoms with Crippen molar-refractivity contribution in [2.24, 2.45) is 5.11 Å². The van der Waals surface area contributed by atoms with E-state index in [0.717, 1.165) is 11.3 Å². The van der Waals surface area contributed by atoms with E-state index in [1.165, 1.54) is 0 Å². The Hall–Kier alpha value is -2.04. The fourth-order valence-corrected chi connectivity index (χ4v) is 1.62. The van der Waals surface area contributed by atoms with Crippen LogP contribution in [0.15, 0.2) is 29.4 Å². The highest BCUT2D eigenvalue weighted by atomic mass is 16.2. The predicted molar refractivity (Wildman–Crippen MR) is 73.7 cm³/mol. The molecular formula is C13H18N4O2. The number of benzene rings is 1. The van der Waals surface area contributed by atoms with Crippen molar-refractivity contribution in [3.8, 4) is 0 Å². The average molecular weight is 262 g/mol.